The molecule has 0 aromatic heterocycles. The molecule has 0 aliphatic heterocycles. The Morgan fingerprint density at radius 2 is 2.22 bits per heavy atom. The van der Waals surface area contributed by atoms with Crippen molar-refractivity contribution in [2.75, 3.05) is 6.61 Å². The number of aliphatic carboxylic acids is 1. The van der Waals surface area contributed by atoms with Gasteiger partial charge in [0.2, 0.25) is 0 Å². The first-order valence-corrected chi connectivity index (χ1v) is 2.99. The molecular formula is C6H12O3. The molecule has 0 aliphatic rings. The van der Waals surface area contributed by atoms with Gasteiger partial charge in [0, 0.05) is 13.0 Å². The molecular weight excluding hydrogens is 120 g/mol. The molecule has 0 rings (SSSR count). The van der Waals surface area contributed by atoms with Crippen molar-refractivity contribution in [3.05, 3.63) is 0 Å². The standard InChI is InChI=1S/C6H12O3/c1-5(2-3-7)4-6(8)9/h5,7H,2-4H2,1H3,(H,8,9)/t5-/m1/s1. The Hall–Kier alpha value is -0.570. The van der Waals surface area contributed by atoms with Crippen LogP contribution in [0.5, 0.6) is 0 Å². The quantitative estimate of drug-likeness (QED) is 0.585. The van der Waals surface area contributed by atoms with E-state index in [9.17, 15) is 4.79 Å². The van der Waals surface area contributed by atoms with Gasteiger partial charge in [0.25, 0.3) is 0 Å². The minimum atomic E-state index is -0.795. The number of carboxylic acids is 1. The molecule has 0 spiro atoms. The average Bonchev–Trinajstić information content (AvgIpc) is 1.63. The fourth-order valence-electron chi connectivity index (χ4n) is 0.621. The predicted molar refractivity (Wildman–Crippen MR) is 33.1 cm³/mol. The Morgan fingerprint density at radius 1 is 1.67 bits per heavy atom. The van der Waals surface area contributed by atoms with Gasteiger partial charge in [-0.2, -0.15) is 0 Å². The number of aliphatic hydroxyl groups excluding tert-OH is 1. The highest BCUT2D eigenvalue weighted by Crippen LogP contribution is 2.05. The van der Waals surface area contributed by atoms with Crippen molar-refractivity contribution in [2.45, 2.75) is 19.8 Å². The zero-order valence-corrected chi connectivity index (χ0v) is 5.50. The molecule has 0 aromatic carbocycles. The molecule has 0 saturated heterocycles. The van der Waals surface area contributed by atoms with E-state index in [0.717, 1.165) is 0 Å². The zero-order valence-electron chi connectivity index (χ0n) is 5.50. The number of hydrogen-bond donors (Lipinski definition) is 2. The highest BCUT2D eigenvalue weighted by atomic mass is 16.4. The summed E-state index contributed by atoms with van der Waals surface area (Å²) >= 11 is 0. The van der Waals surface area contributed by atoms with Gasteiger partial charge in [0.15, 0.2) is 0 Å². The van der Waals surface area contributed by atoms with Gasteiger partial charge in [-0.05, 0) is 12.3 Å². The average molecular weight is 132 g/mol. The van der Waals surface area contributed by atoms with Crippen LogP contribution in [0.4, 0.5) is 0 Å². The van der Waals surface area contributed by atoms with Gasteiger partial charge >= 0.3 is 5.97 Å². The van der Waals surface area contributed by atoms with Crippen molar-refractivity contribution in [3.8, 4) is 0 Å². The van der Waals surface area contributed by atoms with Gasteiger partial charge in [0.1, 0.15) is 0 Å². The number of carboxylic acid groups (broad SMARTS) is 1. The molecule has 0 amide bonds. The Kier molecular flexibility index (Phi) is 4.05. The van der Waals surface area contributed by atoms with Gasteiger partial charge < -0.3 is 10.2 Å². The van der Waals surface area contributed by atoms with Crippen molar-refractivity contribution >= 4 is 5.97 Å². The second-order valence-corrected chi connectivity index (χ2v) is 2.22. The first-order valence-electron chi connectivity index (χ1n) is 2.99. The second kappa shape index (κ2) is 4.32. The van der Waals surface area contributed by atoms with Crippen LogP contribution in [0.1, 0.15) is 19.8 Å². The van der Waals surface area contributed by atoms with Gasteiger partial charge in [-0.25, -0.2) is 0 Å². The molecule has 0 radical (unpaired) electrons. The third kappa shape index (κ3) is 5.30. The smallest absolute Gasteiger partial charge is 0.303 e. The molecule has 3 nitrogen and oxygen atoms in total. The lowest BCUT2D eigenvalue weighted by molar-refractivity contribution is -0.138. The number of aliphatic hydroxyl groups is 1. The Morgan fingerprint density at radius 3 is 2.56 bits per heavy atom. The maximum atomic E-state index is 10.0. The monoisotopic (exact) mass is 132 g/mol. The van der Waals surface area contributed by atoms with Crippen LogP contribution >= 0.6 is 0 Å². The third-order valence-corrected chi connectivity index (χ3v) is 1.14. The van der Waals surface area contributed by atoms with Crippen LogP contribution in [0.3, 0.4) is 0 Å². The molecule has 1 atom stereocenters. The van der Waals surface area contributed by atoms with E-state index in [-0.39, 0.29) is 18.9 Å². The maximum absolute atomic E-state index is 10.0. The molecule has 54 valence electrons. The van der Waals surface area contributed by atoms with E-state index in [1.165, 1.54) is 0 Å². The van der Waals surface area contributed by atoms with Crippen molar-refractivity contribution in [2.24, 2.45) is 5.92 Å². The predicted octanol–water partition coefficient (Wildman–Crippen LogP) is 0.480. The number of hydrogen-bond acceptors (Lipinski definition) is 2. The highest BCUT2D eigenvalue weighted by molar-refractivity contribution is 5.66. The molecule has 0 aromatic rings. The minimum absolute atomic E-state index is 0.0778. The van der Waals surface area contributed by atoms with Crippen molar-refractivity contribution in [3.63, 3.8) is 0 Å². The molecule has 9 heavy (non-hydrogen) atoms. The summed E-state index contributed by atoms with van der Waals surface area (Å²) in [6.45, 7) is 1.89. The Labute approximate surface area is 54.3 Å². The van der Waals surface area contributed by atoms with Crippen LogP contribution < -0.4 is 0 Å². The van der Waals surface area contributed by atoms with Crippen LogP contribution in [0.25, 0.3) is 0 Å². The summed E-state index contributed by atoms with van der Waals surface area (Å²) < 4.78 is 0. The van der Waals surface area contributed by atoms with Crippen LogP contribution in [0, 0.1) is 5.92 Å². The van der Waals surface area contributed by atoms with Crippen LogP contribution in [0.2, 0.25) is 0 Å². The summed E-state index contributed by atoms with van der Waals surface area (Å²) in [7, 11) is 0. The molecule has 0 aliphatic carbocycles. The topological polar surface area (TPSA) is 57.5 Å². The first-order chi connectivity index (χ1) is 4.16. The first kappa shape index (κ1) is 8.43. The normalized spacial score (nSPS) is 13.1. The molecule has 0 heterocycles. The fourth-order valence-corrected chi connectivity index (χ4v) is 0.621. The Balaban J connectivity index is 3.26. The third-order valence-electron chi connectivity index (χ3n) is 1.14. The van der Waals surface area contributed by atoms with Crippen LogP contribution in [0.15, 0.2) is 0 Å². The lowest BCUT2D eigenvalue weighted by atomic mass is 10.1. The molecule has 3 heteroatoms. The minimum Gasteiger partial charge on any atom is -0.481 e. The molecule has 0 fully saturated rings. The van der Waals surface area contributed by atoms with Gasteiger partial charge in [-0.3, -0.25) is 4.79 Å². The number of rotatable bonds is 4. The van der Waals surface area contributed by atoms with Gasteiger partial charge in [0.05, 0.1) is 0 Å². The van der Waals surface area contributed by atoms with E-state index >= 15 is 0 Å². The van der Waals surface area contributed by atoms with E-state index in [0.29, 0.717) is 6.42 Å². The van der Waals surface area contributed by atoms with Gasteiger partial charge in [-0.1, -0.05) is 6.92 Å². The summed E-state index contributed by atoms with van der Waals surface area (Å²) in [5.41, 5.74) is 0. The molecule has 0 saturated carbocycles. The van der Waals surface area contributed by atoms with E-state index in [4.69, 9.17) is 10.2 Å². The van der Waals surface area contributed by atoms with Crippen LogP contribution in [-0.2, 0) is 4.79 Å². The summed E-state index contributed by atoms with van der Waals surface area (Å²) in [5, 5.41) is 16.6. The molecule has 2 N–H and O–H groups in total. The molecule has 0 bridgehead atoms. The van der Waals surface area contributed by atoms with E-state index in [1.54, 1.807) is 0 Å². The fraction of sp³-hybridized carbons (Fsp3) is 0.833. The summed E-state index contributed by atoms with van der Waals surface area (Å²) in [4.78, 5) is 10.0. The zero-order chi connectivity index (χ0) is 7.28. The largest absolute Gasteiger partial charge is 0.481 e. The van der Waals surface area contributed by atoms with E-state index < -0.39 is 5.97 Å². The Bertz CT molecular complexity index is 90.3. The van der Waals surface area contributed by atoms with E-state index in [1.807, 2.05) is 6.92 Å². The molecule has 0 unspecified atom stereocenters. The van der Waals surface area contributed by atoms with E-state index in [2.05, 4.69) is 0 Å². The van der Waals surface area contributed by atoms with Crippen LogP contribution in [-0.4, -0.2) is 22.8 Å². The van der Waals surface area contributed by atoms with Crippen molar-refractivity contribution in [1.82, 2.24) is 0 Å². The van der Waals surface area contributed by atoms with Crippen molar-refractivity contribution < 1.29 is 15.0 Å². The summed E-state index contributed by atoms with van der Waals surface area (Å²) in [6, 6.07) is 0. The number of carbonyl (C=O) groups is 1. The SMILES string of the molecule is C[C@H](CCO)CC(=O)O. The van der Waals surface area contributed by atoms with Crippen molar-refractivity contribution in [1.29, 1.82) is 0 Å². The van der Waals surface area contributed by atoms with Gasteiger partial charge in [-0.15, -0.1) is 0 Å². The maximum Gasteiger partial charge on any atom is 0.303 e. The highest BCUT2D eigenvalue weighted by Gasteiger charge is 2.05. The summed E-state index contributed by atoms with van der Waals surface area (Å²) in [5.74, 6) is -0.705. The lowest BCUT2D eigenvalue weighted by Gasteiger charge is -2.03. The summed E-state index contributed by atoms with van der Waals surface area (Å²) in [6.07, 6.45) is 0.729. The lowest BCUT2D eigenvalue weighted by Crippen LogP contribution is -2.05. The second-order valence-electron chi connectivity index (χ2n) is 2.22.